The highest BCUT2D eigenvalue weighted by molar-refractivity contribution is 6.09. The van der Waals surface area contributed by atoms with Crippen LogP contribution in [0.1, 0.15) is 16.8 Å². The van der Waals surface area contributed by atoms with Crippen LogP contribution in [0.5, 0.6) is 0 Å². The van der Waals surface area contributed by atoms with Crippen LogP contribution >= 0.6 is 0 Å². The minimum Gasteiger partial charge on any atom is -0.315 e. The molecule has 31 heavy (non-hydrogen) atoms. The normalized spacial score (nSPS) is 11.8. The molecular formula is C22H17F3N4O2. The molecule has 0 saturated heterocycles. The van der Waals surface area contributed by atoms with Gasteiger partial charge in [-0.3, -0.25) is 14.3 Å². The van der Waals surface area contributed by atoms with Crippen molar-refractivity contribution < 1.29 is 18.0 Å². The predicted octanol–water partition coefficient (Wildman–Crippen LogP) is 4.05. The molecule has 2 aromatic carbocycles. The number of para-hydroxylation sites is 1. The van der Waals surface area contributed by atoms with E-state index in [1.807, 2.05) is 0 Å². The average Bonchev–Trinajstić information content (AvgIpc) is 2.95. The molecular weight excluding hydrogens is 409 g/mol. The Morgan fingerprint density at radius 2 is 1.81 bits per heavy atom. The molecule has 158 valence electrons. The number of amides is 1. The SMILES string of the molecule is Cc1c(NC(=O)/C(C#N)=C/c2cccc(C(F)(F)F)c2)c(=O)n(-c2ccccc2)n1C. The second kappa shape index (κ2) is 8.36. The van der Waals surface area contributed by atoms with Gasteiger partial charge in [-0.2, -0.15) is 18.4 Å². The third kappa shape index (κ3) is 4.43. The number of hydrogen-bond acceptors (Lipinski definition) is 3. The second-order valence-electron chi connectivity index (χ2n) is 6.68. The first-order chi connectivity index (χ1) is 14.6. The van der Waals surface area contributed by atoms with E-state index in [1.54, 1.807) is 55.1 Å². The van der Waals surface area contributed by atoms with Crippen molar-refractivity contribution in [2.75, 3.05) is 5.32 Å². The molecule has 0 spiro atoms. The Balaban J connectivity index is 1.95. The highest BCUT2D eigenvalue weighted by Gasteiger charge is 2.30. The topological polar surface area (TPSA) is 79.8 Å². The molecule has 0 aliphatic heterocycles. The Kier molecular flexibility index (Phi) is 5.83. The van der Waals surface area contributed by atoms with E-state index in [-0.39, 0.29) is 11.3 Å². The lowest BCUT2D eigenvalue weighted by Gasteiger charge is -2.07. The van der Waals surface area contributed by atoms with E-state index in [0.29, 0.717) is 11.4 Å². The van der Waals surface area contributed by atoms with Gasteiger partial charge >= 0.3 is 6.18 Å². The van der Waals surface area contributed by atoms with Gasteiger partial charge < -0.3 is 5.32 Å². The summed E-state index contributed by atoms with van der Waals surface area (Å²) in [6.45, 7) is 1.62. The van der Waals surface area contributed by atoms with Crippen molar-refractivity contribution in [3.8, 4) is 11.8 Å². The van der Waals surface area contributed by atoms with Crippen LogP contribution in [0.15, 0.2) is 65.0 Å². The highest BCUT2D eigenvalue weighted by atomic mass is 19.4. The zero-order chi connectivity index (χ0) is 22.8. The minimum absolute atomic E-state index is 0.0263. The molecule has 0 radical (unpaired) electrons. The summed E-state index contributed by atoms with van der Waals surface area (Å²) < 4.78 is 41.6. The van der Waals surface area contributed by atoms with E-state index in [0.717, 1.165) is 18.2 Å². The molecule has 1 heterocycles. The molecule has 9 heteroatoms. The molecule has 1 aromatic heterocycles. The van der Waals surface area contributed by atoms with Gasteiger partial charge in [0.1, 0.15) is 17.3 Å². The van der Waals surface area contributed by atoms with Gasteiger partial charge in [0, 0.05) is 7.05 Å². The van der Waals surface area contributed by atoms with Gasteiger partial charge in [0.15, 0.2) is 0 Å². The van der Waals surface area contributed by atoms with Crippen molar-refractivity contribution in [1.29, 1.82) is 5.26 Å². The lowest BCUT2D eigenvalue weighted by Crippen LogP contribution is -2.23. The Morgan fingerprint density at radius 1 is 1.13 bits per heavy atom. The number of benzene rings is 2. The second-order valence-corrected chi connectivity index (χ2v) is 6.68. The number of halogens is 3. The monoisotopic (exact) mass is 426 g/mol. The third-order valence-corrected chi connectivity index (χ3v) is 4.68. The van der Waals surface area contributed by atoms with Crippen LogP contribution in [0.4, 0.5) is 18.9 Å². The predicted molar refractivity (Wildman–Crippen MR) is 109 cm³/mol. The molecule has 0 aliphatic carbocycles. The van der Waals surface area contributed by atoms with E-state index in [9.17, 15) is 28.0 Å². The van der Waals surface area contributed by atoms with Gasteiger partial charge in [-0.15, -0.1) is 0 Å². The maximum atomic E-state index is 12.9. The van der Waals surface area contributed by atoms with Gasteiger partial charge in [0.2, 0.25) is 0 Å². The molecule has 1 amide bonds. The van der Waals surface area contributed by atoms with E-state index in [4.69, 9.17) is 0 Å². The van der Waals surface area contributed by atoms with Gasteiger partial charge in [0.25, 0.3) is 11.5 Å². The average molecular weight is 426 g/mol. The number of alkyl halides is 3. The van der Waals surface area contributed by atoms with Crippen LogP contribution in [-0.2, 0) is 18.0 Å². The summed E-state index contributed by atoms with van der Waals surface area (Å²) in [6, 6.07) is 14.7. The fraction of sp³-hybridized carbons (Fsp3) is 0.136. The molecule has 0 unspecified atom stereocenters. The fourth-order valence-electron chi connectivity index (χ4n) is 3.01. The van der Waals surface area contributed by atoms with E-state index < -0.39 is 28.8 Å². The van der Waals surface area contributed by atoms with Crippen molar-refractivity contribution in [3.63, 3.8) is 0 Å². The van der Waals surface area contributed by atoms with Crippen LogP contribution in [0, 0.1) is 18.3 Å². The first-order valence-electron chi connectivity index (χ1n) is 9.08. The number of carbonyl (C=O) groups is 1. The molecule has 1 N–H and O–H groups in total. The minimum atomic E-state index is -4.55. The van der Waals surface area contributed by atoms with Crippen molar-refractivity contribution in [1.82, 2.24) is 9.36 Å². The van der Waals surface area contributed by atoms with Crippen molar-refractivity contribution >= 4 is 17.7 Å². The third-order valence-electron chi connectivity index (χ3n) is 4.68. The quantitative estimate of drug-likeness (QED) is 0.505. The van der Waals surface area contributed by atoms with Gasteiger partial charge in [0.05, 0.1) is 16.9 Å². The molecule has 0 atom stereocenters. The van der Waals surface area contributed by atoms with E-state index in [1.165, 1.54) is 16.8 Å². The van der Waals surface area contributed by atoms with E-state index in [2.05, 4.69) is 5.32 Å². The molecule has 0 bridgehead atoms. The lowest BCUT2D eigenvalue weighted by molar-refractivity contribution is -0.137. The van der Waals surface area contributed by atoms with Crippen LogP contribution in [0.3, 0.4) is 0 Å². The molecule has 0 fully saturated rings. The summed E-state index contributed by atoms with van der Waals surface area (Å²) in [5, 5.41) is 11.8. The van der Waals surface area contributed by atoms with Crippen LogP contribution < -0.4 is 10.9 Å². The summed E-state index contributed by atoms with van der Waals surface area (Å²) in [5.41, 5.74) is -0.806. The molecule has 6 nitrogen and oxygen atoms in total. The number of anilines is 1. The number of nitriles is 1. The molecule has 3 rings (SSSR count). The van der Waals surface area contributed by atoms with Gasteiger partial charge in [-0.1, -0.05) is 30.3 Å². The van der Waals surface area contributed by atoms with Crippen LogP contribution in [0.2, 0.25) is 0 Å². The van der Waals surface area contributed by atoms with Gasteiger partial charge in [-0.05, 0) is 42.8 Å². The number of hydrogen-bond donors (Lipinski definition) is 1. The van der Waals surface area contributed by atoms with Crippen molar-refractivity contribution in [2.45, 2.75) is 13.1 Å². The Hall–Kier alpha value is -4.06. The standard InChI is InChI=1S/C22H17F3N4O2/c1-14-19(21(31)29(28(14)2)18-9-4-3-5-10-18)27-20(30)16(13-26)11-15-7-6-8-17(12-15)22(23,24)25/h3-12H,1-2H3,(H,27,30)/b16-11+. The fourth-order valence-corrected chi connectivity index (χ4v) is 3.01. The van der Waals surface area contributed by atoms with Crippen molar-refractivity contribution in [2.24, 2.45) is 7.05 Å². The molecule has 0 saturated carbocycles. The van der Waals surface area contributed by atoms with E-state index >= 15 is 0 Å². The summed E-state index contributed by atoms with van der Waals surface area (Å²) in [4.78, 5) is 25.5. The van der Waals surface area contributed by atoms with Crippen LogP contribution in [-0.4, -0.2) is 15.3 Å². The number of nitrogens with one attached hydrogen (secondary N) is 1. The molecule has 0 aliphatic rings. The maximum absolute atomic E-state index is 12.9. The maximum Gasteiger partial charge on any atom is 0.416 e. The highest BCUT2D eigenvalue weighted by Crippen LogP contribution is 2.30. The number of carbonyl (C=O) groups excluding carboxylic acids is 1. The smallest absolute Gasteiger partial charge is 0.315 e. The first-order valence-corrected chi connectivity index (χ1v) is 9.08. The van der Waals surface area contributed by atoms with Crippen LogP contribution in [0.25, 0.3) is 11.8 Å². The number of aromatic nitrogens is 2. The Bertz CT molecular complexity index is 1260. The Labute approximate surface area is 175 Å². The summed E-state index contributed by atoms with van der Waals surface area (Å²) >= 11 is 0. The number of rotatable bonds is 4. The lowest BCUT2D eigenvalue weighted by atomic mass is 10.1. The largest absolute Gasteiger partial charge is 0.416 e. The first kappa shape index (κ1) is 21.6. The van der Waals surface area contributed by atoms with Crippen molar-refractivity contribution in [3.05, 3.63) is 87.3 Å². The van der Waals surface area contributed by atoms with Gasteiger partial charge in [-0.25, -0.2) is 4.68 Å². The zero-order valence-electron chi connectivity index (χ0n) is 16.6. The molecule has 3 aromatic rings. The summed E-state index contributed by atoms with van der Waals surface area (Å²) in [5.74, 6) is -0.897. The Morgan fingerprint density at radius 3 is 2.42 bits per heavy atom. The summed E-state index contributed by atoms with van der Waals surface area (Å²) in [7, 11) is 1.64. The summed E-state index contributed by atoms with van der Waals surface area (Å²) in [6.07, 6.45) is -3.51. The number of nitrogens with zero attached hydrogens (tertiary/aromatic N) is 3. The zero-order valence-corrected chi connectivity index (χ0v) is 16.6.